The average molecular weight is 377 g/mol. The summed E-state index contributed by atoms with van der Waals surface area (Å²) in [6, 6.07) is 1.52. The zero-order chi connectivity index (χ0) is 14.9. The Morgan fingerprint density at radius 2 is 2.20 bits per heavy atom. The minimum absolute atomic E-state index is 0.112. The number of thiazole rings is 1. The highest BCUT2D eigenvalue weighted by atomic mass is 79.9. The van der Waals surface area contributed by atoms with Gasteiger partial charge in [0.05, 0.1) is 17.2 Å². The molecule has 1 aromatic carbocycles. The van der Waals surface area contributed by atoms with E-state index in [9.17, 15) is 10.1 Å². The summed E-state index contributed by atoms with van der Waals surface area (Å²) in [5, 5.41) is 14.2. The molecule has 8 heteroatoms. The molecule has 0 unspecified atom stereocenters. The van der Waals surface area contributed by atoms with E-state index < -0.39 is 0 Å². The second kappa shape index (κ2) is 6.07. The van der Waals surface area contributed by atoms with Crippen molar-refractivity contribution in [2.24, 2.45) is 0 Å². The van der Waals surface area contributed by atoms with Gasteiger partial charge in [-0.1, -0.05) is 11.6 Å². The van der Waals surface area contributed by atoms with Gasteiger partial charge in [0.1, 0.15) is 0 Å². The highest BCUT2D eigenvalue weighted by Crippen LogP contribution is 2.35. The van der Waals surface area contributed by atoms with Crippen molar-refractivity contribution in [2.45, 2.75) is 20.4 Å². The van der Waals surface area contributed by atoms with Crippen LogP contribution in [-0.2, 0) is 6.54 Å². The summed E-state index contributed by atoms with van der Waals surface area (Å²) in [4.78, 5) is 15.6. The van der Waals surface area contributed by atoms with Crippen molar-refractivity contribution in [3.8, 4) is 0 Å². The molecular weight excluding hydrogens is 366 g/mol. The standard InChI is InChI=1S/C12H11BrClN3O2S/c1-6-7(2)11(9(13)3-10(6)17(18)19)15-4-8-5-16-12(14)20-8/h3,5,15H,4H2,1-2H3. The minimum atomic E-state index is -0.375. The van der Waals surface area contributed by atoms with Crippen molar-refractivity contribution in [3.05, 3.63) is 47.3 Å². The van der Waals surface area contributed by atoms with E-state index in [1.54, 1.807) is 13.1 Å². The van der Waals surface area contributed by atoms with Gasteiger partial charge in [-0.15, -0.1) is 11.3 Å². The Morgan fingerprint density at radius 3 is 2.75 bits per heavy atom. The molecule has 0 saturated heterocycles. The number of anilines is 1. The van der Waals surface area contributed by atoms with E-state index in [0.29, 0.717) is 21.0 Å². The van der Waals surface area contributed by atoms with Crippen LogP contribution in [0.25, 0.3) is 0 Å². The number of rotatable bonds is 4. The quantitative estimate of drug-likeness (QED) is 0.620. The molecule has 20 heavy (non-hydrogen) atoms. The number of nitro benzene ring substituents is 1. The molecule has 1 heterocycles. The van der Waals surface area contributed by atoms with E-state index in [-0.39, 0.29) is 10.6 Å². The number of halogens is 2. The fraction of sp³-hybridized carbons (Fsp3) is 0.250. The molecule has 0 bridgehead atoms. The van der Waals surface area contributed by atoms with Crippen LogP contribution in [0.5, 0.6) is 0 Å². The SMILES string of the molecule is Cc1c([N+](=O)[O-])cc(Br)c(NCc2cnc(Cl)s2)c1C. The molecule has 0 spiro atoms. The van der Waals surface area contributed by atoms with E-state index in [0.717, 1.165) is 16.1 Å². The van der Waals surface area contributed by atoms with Gasteiger partial charge in [0, 0.05) is 27.2 Å². The fourth-order valence-electron chi connectivity index (χ4n) is 1.81. The van der Waals surface area contributed by atoms with Crippen molar-refractivity contribution >= 4 is 50.2 Å². The summed E-state index contributed by atoms with van der Waals surface area (Å²) in [5.41, 5.74) is 2.46. The molecule has 0 aliphatic carbocycles. The van der Waals surface area contributed by atoms with E-state index in [2.05, 4.69) is 26.2 Å². The minimum Gasteiger partial charge on any atom is -0.379 e. The predicted molar refractivity (Wildman–Crippen MR) is 84.7 cm³/mol. The van der Waals surface area contributed by atoms with Crippen LogP contribution in [-0.4, -0.2) is 9.91 Å². The van der Waals surface area contributed by atoms with Crippen molar-refractivity contribution in [3.63, 3.8) is 0 Å². The summed E-state index contributed by atoms with van der Waals surface area (Å²) >= 11 is 10.6. The third-order valence-corrected chi connectivity index (χ3v) is 4.73. The normalized spacial score (nSPS) is 10.6. The van der Waals surface area contributed by atoms with Gasteiger partial charge >= 0.3 is 0 Å². The van der Waals surface area contributed by atoms with Crippen LogP contribution in [0.3, 0.4) is 0 Å². The molecular formula is C12H11BrClN3O2S. The largest absolute Gasteiger partial charge is 0.379 e. The molecule has 2 aromatic rings. The predicted octanol–water partition coefficient (Wildman–Crippen LogP) is 4.70. The Balaban J connectivity index is 2.28. The Labute approximate surface area is 133 Å². The van der Waals surface area contributed by atoms with E-state index >= 15 is 0 Å². The molecule has 0 fully saturated rings. The Bertz CT molecular complexity index is 675. The first-order chi connectivity index (χ1) is 9.40. The van der Waals surface area contributed by atoms with Crippen LogP contribution < -0.4 is 5.32 Å². The van der Waals surface area contributed by atoms with E-state index in [4.69, 9.17) is 11.6 Å². The lowest BCUT2D eigenvalue weighted by molar-refractivity contribution is -0.385. The molecule has 0 aliphatic heterocycles. The zero-order valence-corrected chi connectivity index (χ0v) is 13.9. The highest BCUT2D eigenvalue weighted by molar-refractivity contribution is 9.10. The van der Waals surface area contributed by atoms with Gasteiger partial charge in [0.15, 0.2) is 4.47 Å². The Hall–Kier alpha value is -1.18. The van der Waals surface area contributed by atoms with Gasteiger partial charge in [-0.05, 0) is 35.3 Å². The molecule has 1 N–H and O–H groups in total. The molecule has 2 rings (SSSR count). The summed E-state index contributed by atoms with van der Waals surface area (Å²) in [6.45, 7) is 4.17. The maximum absolute atomic E-state index is 11.0. The lowest BCUT2D eigenvalue weighted by Gasteiger charge is -2.13. The highest BCUT2D eigenvalue weighted by Gasteiger charge is 2.18. The molecule has 106 valence electrons. The molecule has 5 nitrogen and oxygen atoms in total. The summed E-state index contributed by atoms with van der Waals surface area (Å²) in [5.74, 6) is 0. The Morgan fingerprint density at radius 1 is 1.50 bits per heavy atom. The van der Waals surface area contributed by atoms with Crippen LogP contribution in [0.1, 0.15) is 16.0 Å². The smallest absolute Gasteiger partial charge is 0.273 e. The number of nitro groups is 1. The number of benzene rings is 1. The second-order valence-corrected chi connectivity index (χ2v) is 6.74. The number of aromatic nitrogens is 1. The maximum Gasteiger partial charge on any atom is 0.273 e. The van der Waals surface area contributed by atoms with Crippen molar-refractivity contribution < 1.29 is 4.92 Å². The topological polar surface area (TPSA) is 68.1 Å². The van der Waals surface area contributed by atoms with Crippen molar-refractivity contribution in [1.82, 2.24) is 4.98 Å². The van der Waals surface area contributed by atoms with Crippen molar-refractivity contribution in [1.29, 1.82) is 0 Å². The van der Waals surface area contributed by atoms with E-state index in [1.165, 1.54) is 17.4 Å². The first-order valence-corrected chi connectivity index (χ1v) is 7.67. The van der Waals surface area contributed by atoms with Crippen LogP contribution in [0.4, 0.5) is 11.4 Å². The number of nitrogens with one attached hydrogen (secondary N) is 1. The second-order valence-electron chi connectivity index (χ2n) is 4.19. The van der Waals surface area contributed by atoms with Gasteiger partial charge in [0.2, 0.25) is 0 Å². The van der Waals surface area contributed by atoms with Gasteiger partial charge in [-0.3, -0.25) is 10.1 Å². The summed E-state index contributed by atoms with van der Waals surface area (Å²) in [6.07, 6.45) is 1.71. The molecule has 0 aliphatic rings. The molecule has 0 atom stereocenters. The average Bonchev–Trinajstić information content (AvgIpc) is 2.79. The maximum atomic E-state index is 11.0. The molecule has 1 aromatic heterocycles. The van der Waals surface area contributed by atoms with Crippen LogP contribution in [0, 0.1) is 24.0 Å². The van der Waals surface area contributed by atoms with Crippen LogP contribution in [0.15, 0.2) is 16.7 Å². The van der Waals surface area contributed by atoms with Gasteiger partial charge in [-0.2, -0.15) is 0 Å². The van der Waals surface area contributed by atoms with Crippen LogP contribution in [0.2, 0.25) is 4.47 Å². The number of nitrogens with zero attached hydrogens (tertiary/aromatic N) is 2. The van der Waals surface area contributed by atoms with Gasteiger partial charge in [-0.25, -0.2) is 4.98 Å². The third-order valence-electron chi connectivity index (χ3n) is 2.99. The molecule has 0 amide bonds. The van der Waals surface area contributed by atoms with Crippen LogP contribution >= 0.6 is 38.9 Å². The monoisotopic (exact) mass is 375 g/mol. The summed E-state index contributed by atoms with van der Waals surface area (Å²) in [7, 11) is 0. The fourth-order valence-corrected chi connectivity index (χ4v) is 3.38. The molecule has 0 radical (unpaired) electrons. The zero-order valence-electron chi connectivity index (χ0n) is 10.7. The third kappa shape index (κ3) is 3.11. The molecule has 0 saturated carbocycles. The lowest BCUT2D eigenvalue weighted by Crippen LogP contribution is -2.03. The Kier molecular flexibility index (Phi) is 4.62. The van der Waals surface area contributed by atoms with Gasteiger partial charge < -0.3 is 5.32 Å². The number of hydrogen-bond acceptors (Lipinski definition) is 5. The lowest BCUT2D eigenvalue weighted by atomic mass is 10.1. The summed E-state index contributed by atoms with van der Waals surface area (Å²) < 4.78 is 1.17. The first kappa shape index (κ1) is 15.2. The first-order valence-electron chi connectivity index (χ1n) is 5.68. The van der Waals surface area contributed by atoms with E-state index in [1.807, 2.05) is 6.92 Å². The van der Waals surface area contributed by atoms with Crippen molar-refractivity contribution in [2.75, 3.05) is 5.32 Å². The number of hydrogen-bond donors (Lipinski definition) is 1. The van der Waals surface area contributed by atoms with Gasteiger partial charge in [0.25, 0.3) is 5.69 Å².